The minimum Gasteiger partial charge on any atom is -0.506 e. The first-order chi connectivity index (χ1) is 32.2. The number of ketones is 1. The van der Waals surface area contributed by atoms with E-state index in [1.807, 2.05) is 78.0 Å². The zero-order valence-electron chi connectivity index (χ0n) is 44.1. The van der Waals surface area contributed by atoms with Gasteiger partial charge in [-0.25, -0.2) is 0 Å². The summed E-state index contributed by atoms with van der Waals surface area (Å²) in [4.78, 5) is 45.3. The molecule has 68 heavy (non-hydrogen) atoms. The fourth-order valence-corrected chi connectivity index (χ4v) is 9.10. The molecule has 0 saturated heterocycles. The van der Waals surface area contributed by atoms with Gasteiger partial charge in [0.1, 0.15) is 5.76 Å². The lowest BCUT2D eigenvalue weighted by molar-refractivity contribution is -0.449. The van der Waals surface area contributed by atoms with Gasteiger partial charge in [0.05, 0.1) is 22.5 Å². The summed E-state index contributed by atoms with van der Waals surface area (Å²) in [6.45, 7) is 30.7. The molecule has 8 heteroatoms. The van der Waals surface area contributed by atoms with E-state index in [4.69, 9.17) is 0 Å². The van der Waals surface area contributed by atoms with E-state index in [9.17, 15) is 19.5 Å². The van der Waals surface area contributed by atoms with Crippen LogP contribution in [0.25, 0.3) is 5.57 Å². The third-order valence-electron chi connectivity index (χ3n) is 14.8. The minimum atomic E-state index is -0.690. The van der Waals surface area contributed by atoms with Gasteiger partial charge < -0.3 is 20.6 Å². The summed E-state index contributed by atoms with van der Waals surface area (Å²) in [6.07, 6.45) is 15.9. The normalized spacial score (nSPS) is 16.9. The van der Waals surface area contributed by atoms with Crippen molar-refractivity contribution in [3.8, 4) is 0 Å². The number of hydrogen-bond acceptors (Lipinski definition) is 5. The molecule has 0 aliphatic heterocycles. The number of carbonyl (C=O) groups excluding carboxylic acids is 3. The van der Waals surface area contributed by atoms with Crippen molar-refractivity contribution < 1.29 is 24.1 Å². The van der Waals surface area contributed by atoms with Crippen LogP contribution < -0.4 is 15.5 Å². The van der Waals surface area contributed by atoms with Crippen molar-refractivity contribution in [1.29, 1.82) is 0 Å². The molecule has 0 aromatic heterocycles. The van der Waals surface area contributed by atoms with Crippen LogP contribution in [0.15, 0.2) is 95.4 Å². The summed E-state index contributed by atoms with van der Waals surface area (Å²) in [5, 5.41) is 18.7. The highest BCUT2D eigenvalue weighted by atomic mass is 16.3. The largest absolute Gasteiger partial charge is 0.506 e. The number of amides is 2. The van der Waals surface area contributed by atoms with Crippen molar-refractivity contribution in [2.45, 2.75) is 161 Å². The van der Waals surface area contributed by atoms with Crippen LogP contribution in [0.1, 0.15) is 161 Å². The van der Waals surface area contributed by atoms with E-state index in [-0.39, 0.29) is 34.5 Å². The molecular weight excluding hydrogens is 841 g/mol. The Kier molecular flexibility index (Phi) is 18.2. The predicted octanol–water partition coefficient (Wildman–Crippen LogP) is 14.8. The average molecular weight is 924 g/mol. The Hall–Kier alpha value is -5.50. The van der Waals surface area contributed by atoms with Crippen molar-refractivity contribution in [3.05, 3.63) is 123 Å². The van der Waals surface area contributed by atoms with Gasteiger partial charge in [0.2, 0.25) is 29.0 Å². The molecule has 3 aromatic rings. The Morgan fingerprint density at radius 2 is 1.29 bits per heavy atom. The molecule has 3 N–H and O–H groups in total. The third-order valence-corrected chi connectivity index (χ3v) is 14.8. The van der Waals surface area contributed by atoms with Crippen molar-refractivity contribution >= 4 is 51.6 Å². The molecule has 366 valence electrons. The van der Waals surface area contributed by atoms with Crippen molar-refractivity contribution in [1.82, 2.24) is 5.32 Å². The van der Waals surface area contributed by atoms with Gasteiger partial charge >= 0.3 is 0 Å². The van der Waals surface area contributed by atoms with E-state index < -0.39 is 10.8 Å². The number of Topliss-reactive ketones (excluding diaryl/α,β-unsaturated/α-hetero) is 1. The van der Waals surface area contributed by atoms with Crippen LogP contribution in [0, 0.1) is 50.4 Å². The number of anilines is 3. The van der Waals surface area contributed by atoms with E-state index in [1.165, 1.54) is 11.1 Å². The molecule has 0 radical (unpaired) electrons. The third kappa shape index (κ3) is 12.2. The van der Waals surface area contributed by atoms with Gasteiger partial charge in [-0.05, 0) is 108 Å². The Bertz CT molecular complexity index is 2510. The van der Waals surface area contributed by atoms with Crippen LogP contribution in [-0.2, 0) is 14.4 Å². The molecule has 0 saturated carbocycles. The highest BCUT2D eigenvalue weighted by Gasteiger charge is 2.41. The molecule has 5 rings (SSSR count). The molecule has 0 fully saturated rings. The van der Waals surface area contributed by atoms with Crippen LogP contribution in [-0.4, -0.2) is 46.1 Å². The molecule has 0 heterocycles. The number of aliphatic hydroxyl groups is 1. The van der Waals surface area contributed by atoms with Crippen LogP contribution in [0.5, 0.6) is 0 Å². The SMILES string of the molecule is CCCCC(CC)CN(c1ccc(C2=C(O)/C(=C3/C=CC(=[N+](CC(CC)CCCC)c4ccc(C)cc4C)C=C3NC(=O)C(C)(C)CC)C2=O)c(NC(=O)C(C)(C)CC)c1)c1ccc(C)cc1C. The monoisotopic (exact) mass is 924 g/mol. The van der Waals surface area contributed by atoms with Gasteiger partial charge in [0, 0.05) is 69.6 Å². The molecular formula is C60H83N4O4+. The number of nitrogens with one attached hydrogen (secondary N) is 2. The zero-order chi connectivity index (χ0) is 50.1. The summed E-state index contributed by atoms with van der Waals surface area (Å²) >= 11 is 0. The van der Waals surface area contributed by atoms with Crippen LogP contribution in [0.3, 0.4) is 0 Å². The predicted molar refractivity (Wildman–Crippen MR) is 285 cm³/mol. The number of aliphatic hydroxyl groups excluding tert-OH is 1. The van der Waals surface area contributed by atoms with Gasteiger partial charge in [0.25, 0.3) is 0 Å². The smallest absolute Gasteiger partial charge is 0.230 e. The zero-order valence-corrected chi connectivity index (χ0v) is 44.1. The Balaban J connectivity index is 1.73. The number of nitrogens with zero attached hydrogens (tertiary/aromatic N) is 2. The Morgan fingerprint density at radius 1 is 0.706 bits per heavy atom. The molecule has 2 amide bonds. The van der Waals surface area contributed by atoms with Crippen LogP contribution in [0.2, 0.25) is 0 Å². The van der Waals surface area contributed by atoms with Gasteiger partial charge in [-0.1, -0.05) is 131 Å². The highest BCUT2D eigenvalue weighted by molar-refractivity contribution is 6.40. The Morgan fingerprint density at radius 3 is 1.85 bits per heavy atom. The minimum absolute atomic E-state index is 0.137. The van der Waals surface area contributed by atoms with E-state index >= 15 is 0 Å². The average Bonchev–Trinajstić information content (AvgIpc) is 3.31. The summed E-state index contributed by atoms with van der Waals surface area (Å²) in [5.74, 6) is 0.0157. The highest BCUT2D eigenvalue weighted by Crippen LogP contribution is 2.45. The molecule has 8 nitrogen and oxygen atoms in total. The maximum atomic E-state index is 14.9. The summed E-state index contributed by atoms with van der Waals surface area (Å²) in [5.41, 5.74) is 9.37. The quantitative estimate of drug-likeness (QED) is 0.0688. The lowest BCUT2D eigenvalue weighted by Gasteiger charge is -2.33. The van der Waals surface area contributed by atoms with Crippen LogP contribution in [0.4, 0.5) is 22.7 Å². The standard InChI is InChI=1S/C60H82N4O4/c1-15-21-23-43(17-3)37-63(51-31-25-39(7)33-41(51)9)45-27-29-47(49(35-45)61-57(67)59(11,12)19-5)53-55(65)54(56(53)66)48-30-28-46(36-50(48)62-58(68)60(13,14)20-6)64(38-44(18-4)24-22-16-2)52-32-26-40(8)34-42(52)10/h25-36,43-44H,15-24,37-38H2,1-14H3,(H2,61,62,65,66,67,68)/p+1. The first-order valence-corrected chi connectivity index (χ1v) is 25.7. The van der Waals surface area contributed by atoms with Gasteiger partial charge in [0.15, 0.2) is 6.54 Å². The maximum Gasteiger partial charge on any atom is 0.230 e. The Labute approximate surface area is 409 Å². The van der Waals surface area contributed by atoms with E-state index in [0.29, 0.717) is 47.2 Å². The number of allylic oxidation sites excluding steroid dienone is 5. The fraction of sp³-hybridized carbons (Fsp3) is 0.500. The number of unbranched alkanes of at least 4 members (excludes halogenated alkanes) is 2. The topological polar surface area (TPSA) is 102 Å². The molecule has 2 aliphatic rings. The number of rotatable bonds is 22. The molecule has 2 unspecified atom stereocenters. The van der Waals surface area contributed by atoms with E-state index in [2.05, 4.69) is 112 Å². The van der Waals surface area contributed by atoms with E-state index in [1.54, 1.807) is 0 Å². The summed E-state index contributed by atoms with van der Waals surface area (Å²) < 4.78 is 2.35. The lowest BCUT2D eigenvalue weighted by atomic mass is 9.78. The van der Waals surface area contributed by atoms with E-state index in [0.717, 1.165) is 98.4 Å². The summed E-state index contributed by atoms with van der Waals surface area (Å²) in [7, 11) is 0. The second kappa shape index (κ2) is 23.2. The van der Waals surface area contributed by atoms with Gasteiger partial charge in [-0.2, -0.15) is 4.58 Å². The van der Waals surface area contributed by atoms with Crippen molar-refractivity contribution in [2.24, 2.45) is 22.7 Å². The van der Waals surface area contributed by atoms with Crippen molar-refractivity contribution in [2.75, 3.05) is 23.3 Å². The second-order valence-electron chi connectivity index (χ2n) is 20.9. The first-order valence-electron chi connectivity index (χ1n) is 25.7. The first kappa shape index (κ1) is 53.5. The molecule has 3 aromatic carbocycles. The number of carbonyl (C=O) groups is 3. The van der Waals surface area contributed by atoms with Gasteiger partial charge in [-0.15, -0.1) is 0 Å². The summed E-state index contributed by atoms with van der Waals surface area (Å²) in [6, 6.07) is 18.9. The fourth-order valence-electron chi connectivity index (χ4n) is 9.10. The lowest BCUT2D eigenvalue weighted by Crippen LogP contribution is -2.38. The number of benzene rings is 3. The molecule has 2 atom stereocenters. The number of hydrogen-bond donors (Lipinski definition) is 3. The van der Waals surface area contributed by atoms with Crippen molar-refractivity contribution in [3.63, 3.8) is 0 Å². The molecule has 0 spiro atoms. The maximum absolute atomic E-state index is 14.9. The van der Waals surface area contributed by atoms with Crippen LogP contribution >= 0.6 is 0 Å². The molecule has 0 bridgehead atoms. The number of aryl methyl sites for hydroxylation is 4. The molecule has 2 aliphatic carbocycles. The second-order valence-corrected chi connectivity index (χ2v) is 20.9. The van der Waals surface area contributed by atoms with Gasteiger partial charge in [-0.3, -0.25) is 14.4 Å².